The Morgan fingerprint density at radius 3 is 2.51 bits per heavy atom. The van der Waals surface area contributed by atoms with E-state index in [2.05, 4.69) is 27.6 Å². The number of carbonyl (C=O) groups is 4. The molecule has 1 aromatic carbocycles. The maximum atomic E-state index is 14.7. The van der Waals surface area contributed by atoms with E-state index in [0.29, 0.717) is 70.8 Å². The molecule has 0 radical (unpaired) electrons. The molecule has 0 saturated carbocycles. The van der Waals surface area contributed by atoms with E-state index in [1.165, 1.54) is 16.7 Å². The van der Waals surface area contributed by atoms with Crippen LogP contribution >= 0.6 is 0 Å². The number of hydrogen-bond acceptors (Lipinski definition) is 11. The summed E-state index contributed by atoms with van der Waals surface area (Å²) >= 11 is 0. The molecule has 7 rings (SSSR count). The predicted molar refractivity (Wildman–Crippen MR) is 262 cm³/mol. The first-order chi connectivity index (χ1) is 33.4. The molecule has 2 saturated heterocycles. The highest BCUT2D eigenvalue weighted by Crippen LogP contribution is 2.42. The first-order valence-corrected chi connectivity index (χ1v) is 24.3. The van der Waals surface area contributed by atoms with E-state index in [0.717, 1.165) is 0 Å². The van der Waals surface area contributed by atoms with Crippen LogP contribution in [0.25, 0.3) is 33.5 Å². The number of hydrazine groups is 1. The molecule has 2 fully saturated rings. The van der Waals surface area contributed by atoms with E-state index < -0.39 is 65.6 Å². The number of fused-ring (bicyclic) bond motifs is 6. The summed E-state index contributed by atoms with van der Waals surface area (Å²) in [5, 5.41) is 4.41. The highest BCUT2D eigenvalue weighted by molar-refractivity contribution is 5.94. The van der Waals surface area contributed by atoms with Crippen molar-refractivity contribution in [1.29, 1.82) is 0 Å². The molecule has 2 N–H and O–H groups in total. The van der Waals surface area contributed by atoms with Crippen LogP contribution in [-0.4, -0.2) is 137 Å². The number of halogens is 3. The van der Waals surface area contributed by atoms with E-state index in [1.807, 2.05) is 84.8 Å². The maximum Gasteiger partial charge on any atom is 0.406 e. The average molecular weight is 985 g/mol. The standard InChI is InChI=1S/C53H67F3N8O7/c1-32(2)39(29-70-36-27-62(28-36)44(65)20-21-52(6,7)61(8)9)48(66)59-42-25-34-14-11-15-35(24-34)40-18-19-43-46(58-40)38(26-51(4,5)31-71-50(68)41-17-13-23-64(60-41)49(42)67)47(63(43)30-53(54,55)56)37-16-12-22-57-45(37)33(3)69-10/h11-12,14-16,18-19,22,24,32-33,36,39,41-42,60H,13,17,23,25-31H2,1-10H3,(H,59,66)/t33-,39-,41-,42-/m0/s1. The van der Waals surface area contributed by atoms with E-state index in [4.69, 9.17) is 19.2 Å². The van der Waals surface area contributed by atoms with Gasteiger partial charge in [0, 0.05) is 61.5 Å². The number of amides is 3. The molecular formula is C53H67F3N8O7. The lowest BCUT2D eigenvalue weighted by Gasteiger charge is -2.39. The molecule has 3 aliphatic heterocycles. The smallest absolute Gasteiger partial charge is 0.406 e. The van der Waals surface area contributed by atoms with Crippen LogP contribution in [0.15, 0.2) is 54.7 Å². The van der Waals surface area contributed by atoms with Crippen molar-refractivity contribution >= 4 is 34.7 Å². The summed E-state index contributed by atoms with van der Waals surface area (Å²) in [6.07, 6.45) is -2.81. The number of cyclic esters (lactones) is 1. The summed E-state index contributed by atoms with van der Waals surface area (Å²) in [5.41, 5.74) is 5.91. The van der Waals surface area contributed by atoms with Gasteiger partial charge in [-0.2, -0.15) is 13.2 Å². The quantitative estimate of drug-likeness (QED) is 0.124. The van der Waals surface area contributed by atoms with Gasteiger partial charge in [0.15, 0.2) is 0 Å². The lowest BCUT2D eigenvalue weighted by Crippen LogP contribution is -2.61. The SMILES string of the molecule is CO[C@@H](C)c1ncccc1-c1c2c3nc(ccc3n1CC(F)(F)F)-c1cccc(c1)C[C@H](NC(=O)[C@@H](COC1CN(C(=O)C#CC(C)(C)N(C)C)C1)C(C)C)C(=O)N1CCC[C@H](N1)C(=O)OCC(C)(C)C2. The molecular weight excluding hydrogens is 918 g/mol. The Bertz CT molecular complexity index is 2680. The lowest BCUT2D eigenvalue weighted by atomic mass is 9.85. The van der Waals surface area contributed by atoms with Gasteiger partial charge in [-0.15, -0.1) is 0 Å². The second kappa shape index (κ2) is 21.5. The second-order valence-electron chi connectivity index (χ2n) is 20.9. The Hall–Kier alpha value is -5.87. The third kappa shape index (κ3) is 12.4. The number of aromatic nitrogens is 3. The summed E-state index contributed by atoms with van der Waals surface area (Å²) in [6.45, 7) is 12.8. The third-order valence-electron chi connectivity index (χ3n) is 13.8. The highest BCUT2D eigenvalue weighted by Gasteiger charge is 2.39. The van der Waals surface area contributed by atoms with Crippen LogP contribution in [0.4, 0.5) is 13.2 Å². The van der Waals surface area contributed by atoms with Crippen LogP contribution in [0, 0.1) is 29.1 Å². The number of hydrogen-bond donors (Lipinski definition) is 2. The molecule has 3 aliphatic rings. The zero-order valence-electron chi connectivity index (χ0n) is 42.4. The molecule has 0 aliphatic carbocycles. The number of nitrogens with one attached hydrogen (secondary N) is 2. The van der Waals surface area contributed by atoms with Crippen LogP contribution in [0.5, 0.6) is 0 Å². The average Bonchev–Trinajstić information content (AvgIpc) is 3.58. The van der Waals surface area contributed by atoms with Gasteiger partial charge in [0.2, 0.25) is 5.91 Å². The summed E-state index contributed by atoms with van der Waals surface area (Å²) in [7, 11) is 5.31. The van der Waals surface area contributed by atoms with Gasteiger partial charge in [-0.3, -0.25) is 34.1 Å². The molecule has 4 aromatic rings. The van der Waals surface area contributed by atoms with Crippen LogP contribution in [0.3, 0.4) is 0 Å². The minimum atomic E-state index is -4.61. The molecule has 71 heavy (non-hydrogen) atoms. The van der Waals surface area contributed by atoms with Crippen LogP contribution < -0.4 is 10.7 Å². The molecule has 382 valence electrons. The fourth-order valence-corrected chi connectivity index (χ4v) is 9.01. The molecule has 0 unspecified atom stereocenters. The minimum absolute atomic E-state index is 0.0498. The maximum absolute atomic E-state index is 14.7. The Labute approximate surface area is 414 Å². The fraction of sp³-hybridized carbons (Fsp3) is 0.547. The minimum Gasteiger partial charge on any atom is -0.464 e. The summed E-state index contributed by atoms with van der Waals surface area (Å²) in [6, 6.07) is 12.1. The second-order valence-corrected chi connectivity index (χ2v) is 20.9. The number of esters is 1. The molecule has 3 amide bonds. The number of alkyl halides is 3. The van der Waals surface area contributed by atoms with Gasteiger partial charge in [-0.25, -0.2) is 10.4 Å². The first-order valence-electron chi connectivity index (χ1n) is 24.3. The topological polar surface area (TPSA) is 160 Å². The van der Waals surface area contributed by atoms with Crippen LogP contribution in [0.1, 0.15) is 84.2 Å². The zero-order chi connectivity index (χ0) is 51.6. The van der Waals surface area contributed by atoms with Crippen molar-refractivity contribution in [2.75, 3.05) is 54.1 Å². The van der Waals surface area contributed by atoms with Crippen LogP contribution in [0.2, 0.25) is 0 Å². The largest absolute Gasteiger partial charge is 0.464 e. The van der Waals surface area contributed by atoms with Gasteiger partial charge < -0.3 is 29.0 Å². The van der Waals surface area contributed by atoms with Crippen molar-refractivity contribution in [2.45, 2.75) is 117 Å². The molecule has 6 heterocycles. The number of pyridine rings is 2. The van der Waals surface area contributed by atoms with Gasteiger partial charge in [0.25, 0.3) is 11.8 Å². The van der Waals surface area contributed by atoms with Gasteiger partial charge >= 0.3 is 12.1 Å². The van der Waals surface area contributed by atoms with Crippen molar-refractivity contribution < 1.29 is 46.6 Å². The van der Waals surface area contributed by atoms with E-state index in [1.54, 1.807) is 42.3 Å². The summed E-state index contributed by atoms with van der Waals surface area (Å²) in [5.74, 6) is 3.18. The van der Waals surface area contributed by atoms with E-state index >= 15 is 0 Å². The number of nitrogens with zero attached hydrogens (tertiary/aromatic N) is 6. The van der Waals surface area contributed by atoms with Crippen LogP contribution in [-0.2, 0) is 52.8 Å². The molecule has 4 atom stereocenters. The number of ether oxygens (including phenoxy) is 3. The summed E-state index contributed by atoms with van der Waals surface area (Å²) < 4.78 is 63.1. The number of rotatable bonds is 11. The zero-order valence-corrected chi connectivity index (χ0v) is 42.4. The van der Waals surface area contributed by atoms with Crippen molar-refractivity contribution in [3.8, 4) is 34.4 Å². The summed E-state index contributed by atoms with van der Waals surface area (Å²) in [4.78, 5) is 68.9. The monoisotopic (exact) mass is 985 g/mol. The Kier molecular flexibility index (Phi) is 16.0. The number of methoxy groups -OCH3 is 1. The Balaban J connectivity index is 1.23. The van der Waals surface area contributed by atoms with E-state index in [-0.39, 0.29) is 56.0 Å². The van der Waals surface area contributed by atoms with Crippen molar-refractivity contribution in [2.24, 2.45) is 17.3 Å². The third-order valence-corrected chi connectivity index (χ3v) is 13.8. The lowest BCUT2D eigenvalue weighted by molar-refractivity contribution is -0.155. The van der Waals surface area contributed by atoms with Gasteiger partial charge in [0.05, 0.1) is 65.0 Å². The highest BCUT2D eigenvalue weighted by atomic mass is 19.4. The fourth-order valence-electron chi connectivity index (χ4n) is 9.01. The van der Waals surface area contributed by atoms with E-state index in [9.17, 15) is 32.3 Å². The molecule has 18 heteroatoms. The Morgan fingerprint density at radius 1 is 1.07 bits per heavy atom. The molecule has 3 aromatic heterocycles. The van der Waals surface area contributed by atoms with Crippen molar-refractivity contribution in [1.82, 2.24) is 40.1 Å². The molecule has 15 nitrogen and oxygen atoms in total. The number of carbonyl (C=O) groups excluding carboxylic acids is 4. The van der Waals surface area contributed by atoms with Crippen molar-refractivity contribution in [3.05, 3.63) is 71.5 Å². The Morgan fingerprint density at radius 2 is 1.82 bits per heavy atom. The predicted octanol–water partition coefficient (Wildman–Crippen LogP) is 6.53. The number of likely N-dealkylation sites (tertiary alicyclic amines) is 1. The molecule has 6 bridgehead atoms. The number of benzene rings is 1. The van der Waals surface area contributed by atoms with Gasteiger partial charge in [-0.1, -0.05) is 51.8 Å². The van der Waals surface area contributed by atoms with Gasteiger partial charge in [0.1, 0.15) is 18.6 Å². The molecule has 0 spiro atoms. The van der Waals surface area contributed by atoms with Gasteiger partial charge in [-0.05, 0) is 102 Å². The first kappa shape index (κ1) is 52.9. The normalized spacial score (nSPS) is 19.9. The van der Waals surface area contributed by atoms with Crippen molar-refractivity contribution in [3.63, 3.8) is 0 Å².